The summed E-state index contributed by atoms with van der Waals surface area (Å²) in [5.41, 5.74) is 2.14. The van der Waals surface area contributed by atoms with E-state index >= 15 is 0 Å². The van der Waals surface area contributed by atoms with Crippen LogP contribution in [0.4, 0.5) is 11.4 Å². The number of anilines is 2. The molecule has 6 heteroatoms. The number of nitrogens with one attached hydrogen (secondary N) is 3. The third-order valence-electron chi connectivity index (χ3n) is 5.10. The molecule has 0 saturated carbocycles. The molecule has 132 valence electrons. The van der Waals surface area contributed by atoms with Crippen LogP contribution in [0.3, 0.4) is 0 Å². The molecular weight excluding hydrogens is 304 g/mol. The maximum Gasteiger partial charge on any atom is 0.279 e. The first-order valence-electron chi connectivity index (χ1n) is 9.14. The monoisotopic (exact) mass is 334 g/mol. The minimum absolute atomic E-state index is 0.0832. The highest BCUT2D eigenvalue weighted by Gasteiger charge is 2.19. The molecule has 1 aromatic rings. The molecule has 2 aliphatic rings. The molecule has 0 aromatic heterocycles. The van der Waals surface area contributed by atoms with Crippen LogP contribution in [0.25, 0.3) is 0 Å². The molecular formula is C18H30N4O2+2. The molecule has 0 radical (unpaired) electrons. The van der Waals surface area contributed by atoms with Gasteiger partial charge in [-0.1, -0.05) is 0 Å². The number of hydrogen-bond acceptors (Lipinski definition) is 3. The van der Waals surface area contributed by atoms with Crippen LogP contribution in [0, 0.1) is 0 Å². The Kier molecular flexibility index (Phi) is 6.07. The lowest BCUT2D eigenvalue weighted by molar-refractivity contribution is -0.899. The van der Waals surface area contributed by atoms with Crippen LogP contribution in [0.1, 0.15) is 6.92 Å². The van der Waals surface area contributed by atoms with Crippen LogP contribution in [0.15, 0.2) is 24.3 Å². The first-order chi connectivity index (χ1) is 11.7. The van der Waals surface area contributed by atoms with Crippen molar-refractivity contribution < 1.29 is 19.3 Å². The lowest BCUT2D eigenvalue weighted by Gasteiger charge is -2.33. The quantitative estimate of drug-likeness (QED) is 0.600. The number of amides is 1. The van der Waals surface area contributed by atoms with E-state index in [9.17, 15) is 4.79 Å². The number of rotatable bonds is 5. The van der Waals surface area contributed by atoms with E-state index in [4.69, 9.17) is 4.74 Å². The number of morpholine rings is 1. The van der Waals surface area contributed by atoms with Crippen LogP contribution in [0.5, 0.6) is 0 Å². The second-order valence-electron chi connectivity index (χ2n) is 6.72. The average molecular weight is 334 g/mol. The van der Waals surface area contributed by atoms with Gasteiger partial charge in [0.05, 0.1) is 45.9 Å². The smallest absolute Gasteiger partial charge is 0.279 e. The number of carbonyl (C=O) groups is 1. The number of benzene rings is 1. The summed E-state index contributed by atoms with van der Waals surface area (Å²) in [6.07, 6.45) is 0. The van der Waals surface area contributed by atoms with Crippen LogP contribution in [-0.4, -0.2) is 71.5 Å². The van der Waals surface area contributed by atoms with E-state index in [2.05, 4.69) is 29.3 Å². The molecule has 1 aromatic carbocycles. The number of quaternary nitrogens is 2. The van der Waals surface area contributed by atoms with Gasteiger partial charge in [-0.2, -0.15) is 0 Å². The zero-order valence-corrected chi connectivity index (χ0v) is 14.6. The van der Waals surface area contributed by atoms with E-state index in [1.807, 2.05) is 12.1 Å². The zero-order chi connectivity index (χ0) is 16.8. The summed E-state index contributed by atoms with van der Waals surface area (Å²) in [6.45, 7) is 11.9. The van der Waals surface area contributed by atoms with Gasteiger partial charge in [-0.05, 0) is 31.2 Å². The number of carbonyl (C=O) groups excluding carboxylic acids is 1. The van der Waals surface area contributed by atoms with Crippen molar-refractivity contribution >= 4 is 17.3 Å². The standard InChI is InChI=1S/C18H28N4O2/c1-2-20-7-9-22(10-8-20)17-5-3-16(4-6-17)19-18(23)15-21-11-13-24-14-12-21/h3-6H,2,7-15H2,1H3,(H,19,23)/p+2. The molecule has 2 fully saturated rings. The van der Waals surface area contributed by atoms with Gasteiger partial charge in [0.2, 0.25) is 0 Å². The molecule has 3 N–H and O–H groups in total. The molecule has 0 bridgehead atoms. The number of likely N-dealkylation sites (N-methyl/N-ethyl adjacent to an activating group) is 1. The summed E-state index contributed by atoms with van der Waals surface area (Å²) >= 11 is 0. The van der Waals surface area contributed by atoms with Crippen LogP contribution in [-0.2, 0) is 9.53 Å². The van der Waals surface area contributed by atoms with Crippen molar-refractivity contribution in [1.29, 1.82) is 0 Å². The molecule has 0 spiro atoms. The Balaban J connectivity index is 1.48. The van der Waals surface area contributed by atoms with Gasteiger partial charge in [-0.3, -0.25) is 4.79 Å². The molecule has 6 nitrogen and oxygen atoms in total. The Morgan fingerprint density at radius 1 is 1.08 bits per heavy atom. The second kappa shape index (κ2) is 8.46. The van der Waals surface area contributed by atoms with Gasteiger partial charge >= 0.3 is 0 Å². The van der Waals surface area contributed by atoms with Crippen molar-refractivity contribution in [1.82, 2.24) is 0 Å². The predicted molar refractivity (Wildman–Crippen MR) is 94.9 cm³/mol. The SMILES string of the molecule is CC[NH+]1CCN(c2ccc(NC(=O)C[NH+]3CCOCC3)cc2)CC1. The van der Waals surface area contributed by atoms with Crippen LogP contribution in [0.2, 0.25) is 0 Å². The average Bonchev–Trinajstić information content (AvgIpc) is 2.63. The van der Waals surface area contributed by atoms with Crippen molar-refractivity contribution in [2.24, 2.45) is 0 Å². The van der Waals surface area contributed by atoms with Gasteiger partial charge in [0.1, 0.15) is 13.1 Å². The Labute approximate surface area is 144 Å². The van der Waals surface area contributed by atoms with E-state index in [1.54, 1.807) is 4.90 Å². The van der Waals surface area contributed by atoms with E-state index in [-0.39, 0.29) is 5.91 Å². The Bertz CT molecular complexity index is 520. The first-order valence-corrected chi connectivity index (χ1v) is 9.14. The highest BCUT2D eigenvalue weighted by molar-refractivity contribution is 5.91. The first kappa shape index (κ1) is 17.2. The largest absolute Gasteiger partial charge is 0.370 e. The summed E-state index contributed by atoms with van der Waals surface area (Å²) in [4.78, 5) is 17.6. The van der Waals surface area contributed by atoms with E-state index in [0.717, 1.165) is 45.1 Å². The Morgan fingerprint density at radius 2 is 1.75 bits per heavy atom. The van der Waals surface area contributed by atoms with Crippen LogP contribution >= 0.6 is 0 Å². The molecule has 24 heavy (non-hydrogen) atoms. The van der Waals surface area contributed by atoms with Gasteiger partial charge in [0.25, 0.3) is 5.91 Å². The highest BCUT2D eigenvalue weighted by Crippen LogP contribution is 2.17. The summed E-state index contributed by atoms with van der Waals surface area (Å²) in [5.74, 6) is 0.0832. The van der Waals surface area contributed by atoms with E-state index < -0.39 is 0 Å². The van der Waals surface area contributed by atoms with Crippen molar-refractivity contribution in [3.05, 3.63) is 24.3 Å². The second-order valence-corrected chi connectivity index (χ2v) is 6.72. The van der Waals surface area contributed by atoms with E-state index in [0.29, 0.717) is 6.54 Å². The van der Waals surface area contributed by atoms with E-state index in [1.165, 1.54) is 30.2 Å². The fourth-order valence-corrected chi connectivity index (χ4v) is 3.46. The van der Waals surface area contributed by atoms with Gasteiger partial charge in [-0.15, -0.1) is 0 Å². The van der Waals surface area contributed by atoms with Gasteiger partial charge in [0, 0.05) is 11.4 Å². The van der Waals surface area contributed by atoms with Crippen LogP contribution < -0.4 is 20.0 Å². The summed E-state index contributed by atoms with van der Waals surface area (Å²) in [6, 6.07) is 8.27. The number of ether oxygens (including phenoxy) is 1. The molecule has 0 aliphatic carbocycles. The third-order valence-corrected chi connectivity index (χ3v) is 5.10. The molecule has 2 saturated heterocycles. The fraction of sp³-hybridized carbons (Fsp3) is 0.611. The maximum atomic E-state index is 12.2. The molecule has 2 aliphatic heterocycles. The zero-order valence-electron chi connectivity index (χ0n) is 14.6. The molecule has 2 heterocycles. The molecule has 1 amide bonds. The fourth-order valence-electron chi connectivity index (χ4n) is 3.46. The topological polar surface area (TPSA) is 50.5 Å². The van der Waals surface area contributed by atoms with Gasteiger partial charge < -0.3 is 24.8 Å². The summed E-state index contributed by atoms with van der Waals surface area (Å²) < 4.78 is 5.33. The number of piperazine rings is 1. The summed E-state index contributed by atoms with van der Waals surface area (Å²) in [7, 11) is 0. The highest BCUT2D eigenvalue weighted by atomic mass is 16.5. The van der Waals surface area contributed by atoms with Gasteiger partial charge in [-0.25, -0.2) is 0 Å². The normalized spacial score (nSPS) is 20.1. The summed E-state index contributed by atoms with van der Waals surface area (Å²) in [5, 5.41) is 3.01. The Morgan fingerprint density at radius 3 is 2.38 bits per heavy atom. The molecule has 0 unspecified atom stereocenters. The lowest BCUT2D eigenvalue weighted by Crippen LogP contribution is -3.15. The minimum atomic E-state index is 0.0832. The number of hydrogen-bond donors (Lipinski definition) is 3. The molecule has 3 rings (SSSR count). The molecule has 0 atom stereocenters. The lowest BCUT2D eigenvalue weighted by atomic mass is 10.2. The third kappa shape index (κ3) is 4.69. The number of nitrogens with zero attached hydrogens (tertiary/aromatic N) is 1. The predicted octanol–water partition coefficient (Wildman–Crippen LogP) is -1.73. The maximum absolute atomic E-state index is 12.2. The van der Waals surface area contributed by atoms with Crippen molar-refractivity contribution in [2.45, 2.75) is 6.92 Å². The van der Waals surface area contributed by atoms with Crippen molar-refractivity contribution in [2.75, 3.05) is 75.8 Å². The van der Waals surface area contributed by atoms with Crippen molar-refractivity contribution in [3.63, 3.8) is 0 Å². The minimum Gasteiger partial charge on any atom is -0.370 e. The Hall–Kier alpha value is -1.63. The van der Waals surface area contributed by atoms with Crippen molar-refractivity contribution in [3.8, 4) is 0 Å². The van der Waals surface area contributed by atoms with Gasteiger partial charge in [0.15, 0.2) is 6.54 Å².